The van der Waals surface area contributed by atoms with Gasteiger partial charge in [0.2, 0.25) is 5.91 Å². The van der Waals surface area contributed by atoms with Crippen LogP contribution in [0.25, 0.3) is 0 Å². The highest BCUT2D eigenvalue weighted by Crippen LogP contribution is 2.27. The second kappa shape index (κ2) is 8.47. The van der Waals surface area contributed by atoms with Crippen LogP contribution in [0.1, 0.15) is 41.1 Å². The highest BCUT2D eigenvalue weighted by Gasteiger charge is 2.26. The van der Waals surface area contributed by atoms with E-state index in [9.17, 15) is 13.6 Å². The number of aromatic nitrogens is 4. The van der Waals surface area contributed by atoms with Gasteiger partial charge in [0.25, 0.3) is 0 Å². The van der Waals surface area contributed by atoms with Gasteiger partial charge in [-0.3, -0.25) is 4.79 Å². The fourth-order valence-electron chi connectivity index (χ4n) is 3.68. The molecule has 1 fully saturated rings. The van der Waals surface area contributed by atoms with Crippen molar-refractivity contribution in [2.24, 2.45) is 5.73 Å². The van der Waals surface area contributed by atoms with E-state index in [1.54, 1.807) is 12.1 Å². The Balaban J connectivity index is 1.58. The van der Waals surface area contributed by atoms with Gasteiger partial charge in [-0.2, -0.15) is 20.3 Å². The number of halogens is 2. The van der Waals surface area contributed by atoms with E-state index in [0.717, 1.165) is 25.9 Å². The van der Waals surface area contributed by atoms with E-state index in [-0.39, 0.29) is 29.2 Å². The summed E-state index contributed by atoms with van der Waals surface area (Å²) in [4.78, 5) is 19.5. The molecule has 0 saturated carbocycles. The van der Waals surface area contributed by atoms with Crippen LogP contribution in [-0.2, 0) is 11.3 Å². The van der Waals surface area contributed by atoms with Crippen LogP contribution >= 0.6 is 0 Å². The number of hydrogen-bond acceptors (Lipinski definition) is 6. The summed E-state index contributed by atoms with van der Waals surface area (Å²) in [5.41, 5.74) is 6.56. The third-order valence-corrected chi connectivity index (χ3v) is 5.19. The molecule has 10 heteroatoms. The number of carbonyl (C=O) groups excluding carboxylic acids is 1. The second-order valence-corrected chi connectivity index (χ2v) is 7.33. The Morgan fingerprint density at radius 1 is 1.19 bits per heavy atom. The van der Waals surface area contributed by atoms with Crippen molar-refractivity contribution in [1.82, 2.24) is 20.0 Å². The molecule has 2 N–H and O–H groups in total. The van der Waals surface area contributed by atoms with E-state index >= 15 is 0 Å². The van der Waals surface area contributed by atoms with Gasteiger partial charge in [0.1, 0.15) is 17.8 Å². The summed E-state index contributed by atoms with van der Waals surface area (Å²) >= 11 is 0. The van der Waals surface area contributed by atoms with Gasteiger partial charge in [0.05, 0.1) is 24.0 Å². The van der Waals surface area contributed by atoms with Gasteiger partial charge in [0.15, 0.2) is 11.6 Å². The van der Waals surface area contributed by atoms with Crippen molar-refractivity contribution >= 4 is 11.7 Å². The van der Waals surface area contributed by atoms with E-state index in [1.807, 2.05) is 4.90 Å². The smallest absolute Gasteiger partial charge is 0.231 e. The van der Waals surface area contributed by atoms with Crippen LogP contribution in [0.3, 0.4) is 0 Å². The average molecular weight is 423 g/mol. The lowest BCUT2D eigenvalue weighted by molar-refractivity contribution is -0.118. The van der Waals surface area contributed by atoms with Gasteiger partial charge in [0, 0.05) is 19.3 Å². The van der Waals surface area contributed by atoms with Crippen molar-refractivity contribution < 1.29 is 13.6 Å². The van der Waals surface area contributed by atoms with Crippen molar-refractivity contribution in [2.75, 3.05) is 18.0 Å². The molecule has 4 rings (SSSR count). The highest BCUT2D eigenvalue weighted by molar-refractivity contribution is 5.85. The zero-order chi connectivity index (χ0) is 22.0. The molecule has 0 radical (unpaired) electrons. The number of rotatable bonds is 6. The fourth-order valence-corrected chi connectivity index (χ4v) is 3.68. The van der Waals surface area contributed by atoms with Crippen molar-refractivity contribution in [2.45, 2.75) is 25.3 Å². The zero-order valence-electron chi connectivity index (χ0n) is 16.5. The van der Waals surface area contributed by atoms with E-state index in [4.69, 9.17) is 11.0 Å². The van der Waals surface area contributed by atoms with Crippen molar-refractivity contribution in [3.63, 3.8) is 0 Å². The number of nitrogens with zero attached hydrogens (tertiary/aromatic N) is 6. The Hall–Kier alpha value is -3.87. The van der Waals surface area contributed by atoms with E-state index in [0.29, 0.717) is 5.56 Å². The van der Waals surface area contributed by atoms with Crippen LogP contribution in [-0.4, -0.2) is 39.0 Å². The Morgan fingerprint density at radius 3 is 2.61 bits per heavy atom. The number of benzene rings is 1. The maximum atomic E-state index is 14.7. The quantitative estimate of drug-likeness (QED) is 0.649. The molecule has 1 aromatic carbocycles. The monoisotopic (exact) mass is 423 g/mol. The summed E-state index contributed by atoms with van der Waals surface area (Å²) in [5.74, 6) is -2.64. The molecule has 1 atom stereocenters. The molecular formula is C21H19F2N7O. The number of primary amides is 1. The maximum Gasteiger partial charge on any atom is 0.231 e. The van der Waals surface area contributed by atoms with Crippen molar-refractivity contribution in [1.29, 1.82) is 5.26 Å². The first-order valence-electron chi connectivity index (χ1n) is 9.74. The Kier molecular flexibility index (Phi) is 5.58. The minimum atomic E-state index is -1.03. The number of hydrogen-bond donors (Lipinski definition) is 1. The summed E-state index contributed by atoms with van der Waals surface area (Å²) in [6.07, 6.45) is 4.76. The maximum absolute atomic E-state index is 14.7. The van der Waals surface area contributed by atoms with Crippen LogP contribution < -0.4 is 10.6 Å². The average Bonchev–Trinajstić information content (AvgIpc) is 3.41. The number of amides is 1. The predicted molar refractivity (Wildman–Crippen MR) is 107 cm³/mol. The molecular weight excluding hydrogens is 404 g/mol. The third kappa shape index (κ3) is 4.21. The second-order valence-electron chi connectivity index (χ2n) is 7.33. The van der Waals surface area contributed by atoms with Gasteiger partial charge in [-0.05, 0) is 42.2 Å². The summed E-state index contributed by atoms with van der Waals surface area (Å²) < 4.78 is 28.5. The molecule has 8 nitrogen and oxygen atoms in total. The van der Waals surface area contributed by atoms with Gasteiger partial charge in [-0.25, -0.2) is 13.8 Å². The molecule has 0 aliphatic carbocycles. The largest absolute Gasteiger partial charge is 0.369 e. The number of pyridine rings is 1. The normalized spacial score (nSPS) is 14.4. The molecule has 0 bridgehead atoms. The molecule has 1 amide bonds. The standard InChI is InChI=1S/C21H19F2N7O/c22-16-7-13(3-4-14(16)9-24)12-30-27-11-18(28-30)19(20(25)31)15-8-17(23)21(26-10-15)29-5-1-2-6-29/h3-4,7-8,10-11,19H,1-2,5-6,12H2,(H2,25,31). The van der Waals surface area contributed by atoms with Crippen LogP contribution in [0, 0.1) is 23.0 Å². The fraction of sp³-hybridized carbons (Fsp3) is 0.286. The van der Waals surface area contributed by atoms with Gasteiger partial charge >= 0.3 is 0 Å². The van der Waals surface area contributed by atoms with Crippen molar-refractivity contribution in [3.05, 3.63) is 70.7 Å². The molecule has 3 heterocycles. The Bertz CT molecular complexity index is 1160. The molecule has 1 unspecified atom stereocenters. The topological polar surface area (TPSA) is 114 Å². The van der Waals surface area contributed by atoms with E-state index < -0.39 is 23.5 Å². The SMILES string of the molecule is N#Cc1ccc(Cn2ncc(C(C(N)=O)c3cnc(N4CCCC4)c(F)c3)n2)cc1F. The van der Waals surface area contributed by atoms with E-state index in [1.165, 1.54) is 35.4 Å². The van der Waals surface area contributed by atoms with Crippen LogP contribution in [0.15, 0.2) is 36.7 Å². The minimum absolute atomic E-state index is 0.0569. The third-order valence-electron chi connectivity index (χ3n) is 5.19. The Morgan fingerprint density at radius 2 is 1.97 bits per heavy atom. The number of carbonyl (C=O) groups is 1. The van der Waals surface area contributed by atoms with E-state index in [2.05, 4.69) is 15.2 Å². The molecule has 1 aliphatic rings. The predicted octanol–water partition coefficient (Wildman–Crippen LogP) is 2.09. The summed E-state index contributed by atoms with van der Waals surface area (Å²) in [5, 5.41) is 17.2. The molecule has 158 valence electrons. The number of anilines is 1. The number of nitrogens with two attached hydrogens (primary N) is 1. The summed E-state index contributed by atoms with van der Waals surface area (Å²) in [6, 6.07) is 7.20. The van der Waals surface area contributed by atoms with Gasteiger partial charge in [-0.15, -0.1) is 0 Å². The first kappa shape index (κ1) is 20.4. The lowest BCUT2D eigenvalue weighted by Gasteiger charge is -2.18. The highest BCUT2D eigenvalue weighted by atomic mass is 19.1. The first-order chi connectivity index (χ1) is 15.0. The minimum Gasteiger partial charge on any atom is -0.369 e. The first-order valence-corrected chi connectivity index (χ1v) is 9.74. The molecule has 1 aliphatic heterocycles. The summed E-state index contributed by atoms with van der Waals surface area (Å²) in [7, 11) is 0. The number of nitriles is 1. The van der Waals surface area contributed by atoms with Gasteiger partial charge < -0.3 is 10.6 Å². The molecule has 3 aromatic rings. The van der Waals surface area contributed by atoms with Crippen LogP contribution in [0.5, 0.6) is 0 Å². The molecule has 2 aromatic heterocycles. The van der Waals surface area contributed by atoms with Crippen LogP contribution in [0.2, 0.25) is 0 Å². The lowest BCUT2D eigenvalue weighted by Crippen LogP contribution is -2.25. The Labute approximate surface area is 176 Å². The molecule has 1 saturated heterocycles. The molecule has 0 spiro atoms. The van der Waals surface area contributed by atoms with Crippen LogP contribution in [0.4, 0.5) is 14.6 Å². The summed E-state index contributed by atoms with van der Waals surface area (Å²) in [6.45, 7) is 1.61. The van der Waals surface area contributed by atoms with Gasteiger partial charge in [-0.1, -0.05) is 6.07 Å². The zero-order valence-corrected chi connectivity index (χ0v) is 16.5. The lowest BCUT2D eigenvalue weighted by atomic mass is 9.97. The molecule has 31 heavy (non-hydrogen) atoms. The van der Waals surface area contributed by atoms with Crippen molar-refractivity contribution in [3.8, 4) is 6.07 Å².